The summed E-state index contributed by atoms with van der Waals surface area (Å²) in [5.74, 6) is 1.26. The van der Waals surface area contributed by atoms with E-state index in [2.05, 4.69) is 85.9 Å². The summed E-state index contributed by atoms with van der Waals surface area (Å²) in [5, 5.41) is 1.52. The Kier molecular flexibility index (Phi) is 8.38. The van der Waals surface area contributed by atoms with Gasteiger partial charge in [0, 0.05) is 5.92 Å². The van der Waals surface area contributed by atoms with E-state index in [0.717, 1.165) is 24.3 Å². The molecule has 0 radical (unpaired) electrons. The van der Waals surface area contributed by atoms with Gasteiger partial charge >= 0.3 is 0 Å². The van der Waals surface area contributed by atoms with Gasteiger partial charge in [0.15, 0.2) is 0 Å². The summed E-state index contributed by atoms with van der Waals surface area (Å²) in [6.07, 6.45) is 3.53. The van der Waals surface area contributed by atoms with E-state index in [1.165, 1.54) is 16.3 Å². The first-order valence-electron chi connectivity index (χ1n) is 12.1. The fourth-order valence-corrected chi connectivity index (χ4v) is 8.51. The van der Waals surface area contributed by atoms with Crippen LogP contribution in [0.2, 0.25) is 18.6 Å². The number of benzene rings is 3. The zero-order valence-corrected chi connectivity index (χ0v) is 21.6. The van der Waals surface area contributed by atoms with E-state index >= 15 is 0 Å². The van der Waals surface area contributed by atoms with Crippen molar-refractivity contribution in [1.82, 2.24) is 0 Å². The van der Waals surface area contributed by atoms with E-state index in [-0.39, 0.29) is 0 Å². The minimum atomic E-state index is -1.70. The third-order valence-corrected chi connectivity index (χ3v) is 11.5. The third kappa shape index (κ3) is 6.06. The molecule has 4 heteroatoms. The van der Waals surface area contributed by atoms with Crippen LogP contribution in [0, 0.1) is 5.92 Å². The van der Waals surface area contributed by atoms with Gasteiger partial charge in [-0.3, -0.25) is 0 Å². The Morgan fingerprint density at radius 1 is 0.735 bits per heavy atom. The Balaban J connectivity index is 1.42. The minimum Gasteiger partial charge on any atom is -0.497 e. The normalized spacial score (nSPS) is 18.0. The molecule has 2 atom stereocenters. The molecular weight excluding hydrogens is 436 g/mol. The fraction of sp³-hybridized carbons (Fsp3) is 0.333. The zero-order valence-electron chi connectivity index (χ0n) is 20.6. The van der Waals surface area contributed by atoms with Crippen LogP contribution in [-0.2, 0) is 22.7 Å². The third-order valence-electron chi connectivity index (χ3n) is 7.15. The first-order chi connectivity index (χ1) is 16.6. The van der Waals surface area contributed by atoms with E-state index in [0.29, 0.717) is 31.3 Å². The number of hydrogen-bond donors (Lipinski definition) is 0. The number of rotatable bonds is 11. The van der Waals surface area contributed by atoms with Crippen molar-refractivity contribution in [2.24, 2.45) is 5.92 Å². The highest BCUT2D eigenvalue weighted by atomic mass is 28.3. The summed E-state index contributed by atoms with van der Waals surface area (Å²) in [5.41, 5.74) is 4.37. The van der Waals surface area contributed by atoms with Gasteiger partial charge in [0.25, 0.3) is 0 Å². The topological polar surface area (TPSA) is 27.7 Å². The lowest BCUT2D eigenvalue weighted by Gasteiger charge is -2.36. The monoisotopic (exact) mass is 472 g/mol. The highest BCUT2D eigenvalue weighted by molar-refractivity contribution is 6.91. The number of hydrogen-bond acceptors (Lipinski definition) is 3. The van der Waals surface area contributed by atoms with Crippen molar-refractivity contribution < 1.29 is 14.2 Å². The van der Waals surface area contributed by atoms with Crippen molar-refractivity contribution in [3.63, 3.8) is 0 Å². The molecule has 1 aliphatic carbocycles. The molecule has 1 aliphatic rings. The predicted molar refractivity (Wildman–Crippen MR) is 142 cm³/mol. The Bertz CT molecular complexity index is 1050. The van der Waals surface area contributed by atoms with E-state index in [4.69, 9.17) is 14.2 Å². The van der Waals surface area contributed by atoms with Crippen molar-refractivity contribution in [3.05, 3.63) is 108 Å². The smallest absolute Gasteiger partial charge is 0.118 e. The zero-order chi connectivity index (χ0) is 23.8. The summed E-state index contributed by atoms with van der Waals surface area (Å²) in [6, 6.07) is 29.6. The number of methoxy groups -OCH3 is 1. The lowest BCUT2D eigenvalue weighted by molar-refractivity contribution is 0.0846. The van der Waals surface area contributed by atoms with Crippen molar-refractivity contribution in [1.29, 1.82) is 0 Å². The summed E-state index contributed by atoms with van der Waals surface area (Å²) in [6.45, 7) is 7.65. The first-order valence-corrected chi connectivity index (χ1v) is 15.2. The maximum Gasteiger partial charge on any atom is 0.118 e. The van der Waals surface area contributed by atoms with Crippen LogP contribution in [0.4, 0.5) is 0 Å². The molecule has 1 unspecified atom stereocenters. The van der Waals surface area contributed by atoms with Crippen LogP contribution in [0.25, 0.3) is 0 Å². The van der Waals surface area contributed by atoms with E-state index in [9.17, 15) is 0 Å². The maximum atomic E-state index is 6.30. The molecule has 3 aromatic rings. The fourth-order valence-electron chi connectivity index (χ4n) is 5.01. The quantitative estimate of drug-likeness (QED) is 0.240. The molecule has 34 heavy (non-hydrogen) atoms. The second-order valence-corrected chi connectivity index (χ2v) is 14.4. The van der Waals surface area contributed by atoms with Gasteiger partial charge in [0.2, 0.25) is 0 Å². The molecule has 4 rings (SSSR count). The summed E-state index contributed by atoms with van der Waals surface area (Å²) < 4.78 is 17.7. The molecule has 0 heterocycles. The van der Waals surface area contributed by atoms with Crippen LogP contribution in [0.3, 0.4) is 0 Å². The largest absolute Gasteiger partial charge is 0.497 e. The summed E-state index contributed by atoms with van der Waals surface area (Å²) >= 11 is 0. The Morgan fingerprint density at radius 3 is 2.03 bits per heavy atom. The second kappa shape index (κ2) is 11.7. The predicted octanol–water partition coefficient (Wildman–Crippen LogP) is 6.36. The van der Waals surface area contributed by atoms with Gasteiger partial charge in [-0.05, 0) is 40.8 Å². The van der Waals surface area contributed by atoms with Gasteiger partial charge in [-0.15, -0.1) is 0 Å². The lowest BCUT2D eigenvalue weighted by Crippen LogP contribution is -2.48. The molecule has 0 aromatic heterocycles. The first kappa shape index (κ1) is 24.5. The average Bonchev–Trinajstić information content (AvgIpc) is 3.29. The molecule has 0 spiro atoms. The highest BCUT2D eigenvalue weighted by Gasteiger charge is 2.42. The molecule has 178 valence electrons. The maximum absolute atomic E-state index is 6.30. The average molecular weight is 473 g/mol. The molecule has 0 saturated carbocycles. The standard InChI is InChI=1S/C30H36O3Si/c1-31-27-17-14-25(15-18-27)21-32-22-26-16-19-30(34(2,3)28-12-8-5-9-13-28)29(26)23-33-20-24-10-6-4-7-11-24/h4-18,29-30H,19-23H2,1-3H3/t29-,30?/m0/s1. The van der Waals surface area contributed by atoms with Gasteiger partial charge in [0.05, 0.1) is 41.6 Å². The molecule has 0 fully saturated rings. The Morgan fingerprint density at radius 2 is 1.35 bits per heavy atom. The molecule has 0 aliphatic heterocycles. The van der Waals surface area contributed by atoms with Crippen molar-refractivity contribution in [2.45, 2.75) is 38.3 Å². The molecule has 0 saturated heterocycles. The highest BCUT2D eigenvalue weighted by Crippen LogP contribution is 2.43. The molecule has 3 nitrogen and oxygen atoms in total. The van der Waals surface area contributed by atoms with Crippen LogP contribution in [0.15, 0.2) is 96.6 Å². The van der Waals surface area contributed by atoms with E-state index in [1.54, 1.807) is 7.11 Å². The molecule has 0 amide bonds. The van der Waals surface area contributed by atoms with Crippen LogP contribution >= 0.6 is 0 Å². The van der Waals surface area contributed by atoms with Gasteiger partial charge < -0.3 is 14.2 Å². The Hall–Kier alpha value is -2.66. The van der Waals surface area contributed by atoms with Crippen LogP contribution in [0.1, 0.15) is 17.5 Å². The number of ether oxygens (including phenoxy) is 3. The minimum absolute atomic E-state index is 0.390. The molecule has 0 bridgehead atoms. The van der Waals surface area contributed by atoms with E-state index in [1.807, 2.05) is 18.2 Å². The van der Waals surface area contributed by atoms with Crippen LogP contribution in [0.5, 0.6) is 5.75 Å². The molecule has 0 N–H and O–H groups in total. The van der Waals surface area contributed by atoms with Crippen molar-refractivity contribution >= 4 is 13.3 Å². The Labute approximate surface area is 205 Å². The van der Waals surface area contributed by atoms with Gasteiger partial charge in [-0.2, -0.15) is 0 Å². The van der Waals surface area contributed by atoms with E-state index < -0.39 is 8.07 Å². The summed E-state index contributed by atoms with van der Waals surface area (Å²) in [7, 11) is -0.00652. The van der Waals surface area contributed by atoms with Crippen LogP contribution < -0.4 is 9.92 Å². The van der Waals surface area contributed by atoms with Crippen molar-refractivity contribution in [2.75, 3.05) is 20.3 Å². The lowest BCUT2D eigenvalue weighted by atomic mass is 10.0. The van der Waals surface area contributed by atoms with Gasteiger partial charge in [-0.25, -0.2) is 0 Å². The SMILES string of the molecule is COc1ccc(COCC2=CCC([Si](C)(C)c3ccccc3)[C@H]2COCc2ccccc2)cc1. The summed E-state index contributed by atoms with van der Waals surface area (Å²) in [4.78, 5) is 0. The second-order valence-electron chi connectivity index (χ2n) is 9.66. The van der Waals surface area contributed by atoms with Gasteiger partial charge in [-0.1, -0.05) is 97.2 Å². The molecular formula is C30H36O3Si. The number of allylic oxidation sites excluding steroid dienone is 1. The van der Waals surface area contributed by atoms with Crippen LogP contribution in [-0.4, -0.2) is 28.4 Å². The van der Waals surface area contributed by atoms with Gasteiger partial charge in [0.1, 0.15) is 5.75 Å². The molecule has 3 aromatic carbocycles. The van der Waals surface area contributed by atoms with Crippen molar-refractivity contribution in [3.8, 4) is 5.75 Å².